The fourth-order valence-electron chi connectivity index (χ4n) is 16.2. The van der Waals surface area contributed by atoms with Gasteiger partial charge in [-0.15, -0.1) is 0 Å². The molecule has 0 radical (unpaired) electrons. The van der Waals surface area contributed by atoms with Gasteiger partial charge in [-0.25, -0.2) is 9.97 Å². The first-order valence-electron chi connectivity index (χ1n) is 33.9. The number of aromatic nitrogens is 7. The van der Waals surface area contributed by atoms with E-state index in [9.17, 15) is 0 Å². The lowest BCUT2D eigenvalue weighted by Crippen LogP contribution is -2.03. The van der Waals surface area contributed by atoms with Crippen LogP contribution in [-0.2, 0) is 0 Å². The summed E-state index contributed by atoms with van der Waals surface area (Å²) >= 11 is 0. The highest BCUT2D eigenvalue weighted by Gasteiger charge is 2.23. The van der Waals surface area contributed by atoms with Crippen LogP contribution in [0, 0.1) is 0 Å². The van der Waals surface area contributed by atoms with Crippen LogP contribution >= 0.6 is 0 Å². The fourth-order valence-corrected chi connectivity index (χ4v) is 16.2. The van der Waals surface area contributed by atoms with E-state index in [-0.39, 0.29) is 0 Å². The third kappa shape index (κ3) is 8.44. The van der Waals surface area contributed by atoms with E-state index >= 15 is 0 Å². The summed E-state index contributed by atoms with van der Waals surface area (Å²) < 4.78 is 11.9. The Kier molecular flexibility index (Phi) is 12.0. The first-order chi connectivity index (χ1) is 49.1. The lowest BCUT2D eigenvalue weighted by Gasteiger charge is -2.14. The summed E-state index contributed by atoms with van der Waals surface area (Å²) in [6.45, 7) is 0. The number of fused-ring (bicyclic) bond motifs is 16. The van der Waals surface area contributed by atoms with Crippen molar-refractivity contribution in [3.63, 3.8) is 0 Å². The molecule has 0 N–H and O–H groups in total. The third-order valence-corrected chi connectivity index (χ3v) is 20.7. The molecule has 460 valence electrons. The van der Waals surface area contributed by atoms with Crippen molar-refractivity contribution in [3.05, 3.63) is 346 Å². The molecule has 0 aliphatic carbocycles. The van der Waals surface area contributed by atoms with Gasteiger partial charge in [-0.3, -0.25) is 4.57 Å². The SMILES string of the molecule is c1ccc(-n2c3ccccc3c3cc(-c4ccc5c(c4)c4ccccc4n5-c4ccc(-c5nc(-n6c7ccc(-c8ccc9c(c8)c8ccccc8n9-c8ccccc8)cc7c7cc(-c8ccc9c(c8)c8ccccc8n9-c8ccccc8)ccc76)c6ccccc6n5)cc4)ccc32)cc1. The van der Waals surface area contributed by atoms with Crippen molar-refractivity contribution in [1.82, 2.24) is 32.8 Å². The van der Waals surface area contributed by atoms with Gasteiger partial charge < -0.3 is 18.3 Å². The van der Waals surface area contributed by atoms with Gasteiger partial charge in [0, 0.05) is 87.6 Å². The molecule has 0 spiro atoms. The Balaban J connectivity index is 0.702. The Hall–Kier alpha value is -13.4. The second-order valence-electron chi connectivity index (χ2n) is 26.1. The number of para-hydroxylation sites is 8. The van der Waals surface area contributed by atoms with E-state index in [0.717, 1.165) is 100 Å². The van der Waals surface area contributed by atoms with E-state index in [2.05, 4.69) is 369 Å². The lowest BCUT2D eigenvalue weighted by atomic mass is 9.98. The normalized spacial score (nSPS) is 12.0. The van der Waals surface area contributed by atoms with E-state index in [4.69, 9.17) is 9.97 Å². The zero-order valence-electron chi connectivity index (χ0n) is 53.5. The lowest BCUT2D eigenvalue weighted by molar-refractivity contribution is 1.07. The molecule has 0 aliphatic rings. The molecule has 0 saturated carbocycles. The molecule has 99 heavy (non-hydrogen) atoms. The highest BCUT2D eigenvalue weighted by atomic mass is 15.1. The largest absolute Gasteiger partial charge is 0.309 e. The van der Waals surface area contributed by atoms with Crippen LogP contribution in [0.4, 0.5) is 0 Å². The molecule has 0 atom stereocenters. The topological polar surface area (TPSA) is 50.4 Å². The summed E-state index contributed by atoms with van der Waals surface area (Å²) in [5.74, 6) is 1.48. The number of rotatable bonds is 9. The van der Waals surface area contributed by atoms with Gasteiger partial charge in [0.2, 0.25) is 0 Å². The highest BCUT2D eigenvalue weighted by molar-refractivity contribution is 6.17. The first kappa shape index (κ1) is 55.0. The average Bonchev–Trinajstić information content (AvgIpc) is 1.61. The molecule has 0 aliphatic heterocycles. The summed E-state index contributed by atoms with van der Waals surface area (Å²) in [6, 6.07) is 126. The average molecular weight is 1260 g/mol. The third-order valence-electron chi connectivity index (χ3n) is 20.7. The number of hydrogen-bond donors (Lipinski definition) is 0. The van der Waals surface area contributed by atoms with Gasteiger partial charge in [-0.1, -0.05) is 176 Å². The van der Waals surface area contributed by atoms with Crippen molar-refractivity contribution in [2.24, 2.45) is 0 Å². The zero-order chi connectivity index (χ0) is 64.8. The number of hydrogen-bond acceptors (Lipinski definition) is 2. The van der Waals surface area contributed by atoms with E-state index < -0.39 is 0 Å². The van der Waals surface area contributed by atoms with Crippen LogP contribution in [0.3, 0.4) is 0 Å². The van der Waals surface area contributed by atoms with Gasteiger partial charge in [0.05, 0.1) is 60.7 Å². The molecule has 0 bridgehead atoms. The van der Waals surface area contributed by atoms with Crippen LogP contribution in [0.15, 0.2) is 346 Å². The molecule has 15 aromatic carbocycles. The molecule has 7 nitrogen and oxygen atoms in total. The zero-order valence-corrected chi connectivity index (χ0v) is 53.5. The molecule has 6 aromatic heterocycles. The van der Waals surface area contributed by atoms with Crippen LogP contribution < -0.4 is 0 Å². The van der Waals surface area contributed by atoms with E-state index in [1.165, 1.54) is 87.3 Å². The molecular formula is C92H57N7. The maximum absolute atomic E-state index is 5.68. The first-order valence-corrected chi connectivity index (χ1v) is 33.9. The second kappa shape index (κ2) is 21.6. The minimum absolute atomic E-state index is 0.653. The van der Waals surface area contributed by atoms with Crippen molar-refractivity contribution in [1.29, 1.82) is 0 Å². The van der Waals surface area contributed by atoms with Crippen LogP contribution in [-0.4, -0.2) is 32.8 Å². The van der Waals surface area contributed by atoms with Gasteiger partial charge >= 0.3 is 0 Å². The Morgan fingerprint density at radius 2 is 0.404 bits per heavy atom. The Morgan fingerprint density at radius 1 is 0.162 bits per heavy atom. The summed E-state index contributed by atoms with van der Waals surface area (Å²) in [7, 11) is 0. The molecular weight excluding hydrogens is 1200 g/mol. The minimum Gasteiger partial charge on any atom is -0.309 e. The molecule has 0 fully saturated rings. The van der Waals surface area contributed by atoms with E-state index in [1.54, 1.807) is 0 Å². The van der Waals surface area contributed by atoms with Gasteiger partial charge in [0.1, 0.15) is 5.82 Å². The molecule has 6 heterocycles. The summed E-state index contributed by atoms with van der Waals surface area (Å²) in [5, 5.41) is 13.0. The molecule has 21 aromatic rings. The predicted molar refractivity (Wildman–Crippen MR) is 413 cm³/mol. The van der Waals surface area contributed by atoms with Crippen molar-refractivity contribution >= 4 is 120 Å². The molecule has 7 heteroatoms. The van der Waals surface area contributed by atoms with Gasteiger partial charge in [-0.2, -0.15) is 0 Å². The maximum Gasteiger partial charge on any atom is 0.162 e. The highest BCUT2D eigenvalue weighted by Crippen LogP contribution is 2.44. The van der Waals surface area contributed by atoms with Gasteiger partial charge in [0.25, 0.3) is 0 Å². The van der Waals surface area contributed by atoms with Crippen molar-refractivity contribution in [3.8, 4) is 73.3 Å². The quantitative estimate of drug-likeness (QED) is 0.145. The molecule has 0 saturated heterocycles. The Morgan fingerprint density at radius 3 is 0.737 bits per heavy atom. The second-order valence-corrected chi connectivity index (χ2v) is 26.1. The van der Waals surface area contributed by atoms with Crippen LogP contribution in [0.25, 0.3) is 193 Å². The summed E-state index contributed by atoms with van der Waals surface area (Å²) in [6.07, 6.45) is 0. The molecule has 0 amide bonds. The van der Waals surface area contributed by atoms with E-state index in [1.807, 2.05) is 0 Å². The minimum atomic E-state index is 0.653. The summed E-state index contributed by atoms with van der Waals surface area (Å²) in [4.78, 5) is 11.0. The standard InChI is InChI=1S/C92H57N7/c1-4-20-65(21-5-1)95-81-32-16-11-26-69(81)74-52-59(38-46-85(74)95)60-41-49-88-77(53-60)72-29-14-19-35-84(72)98(88)68-44-36-58(37-45-68)91-93-80-31-15-10-30-73(80)92(94-91)99-89-50-42-63(61-39-47-86-75(54-61)70-27-12-17-33-82(70)96(86)66-22-6-2-7-23-66)56-78(89)79-57-64(43-51-90(79)99)62-40-48-87-76(55-62)71-28-13-18-34-83(71)97(87)67-24-8-3-9-25-67/h1-57H. The van der Waals surface area contributed by atoms with E-state index in [0.29, 0.717) is 5.82 Å². The maximum atomic E-state index is 5.68. The van der Waals surface area contributed by atoms with Gasteiger partial charge in [-0.05, 0) is 203 Å². The number of nitrogens with zero attached hydrogens (tertiary/aromatic N) is 7. The molecule has 0 unspecified atom stereocenters. The van der Waals surface area contributed by atoms with Crippen molar-refractivity contribution < 1.29 is 0 Å². The smallest absolute Gasteiger partial charge is 0.162 e. The van der Waals surface area contributed by atoms with Crippen molar-refractivity contribution in [2.45, 2.75) is 0 Å². The van der Waals surface area contributed by atoms with Gasteiger partial charge in [0.15, 0.2) is 5.82 Å². The molecule has 21 rings (SSSR count). The van der Waals surface area contributed by atoms with Crippen LogP contribution in [0.2, 0.25) is 0 Å². The summed E-state index contributed by atoms with van der Waals surface area (Å²) in [5.41, 5.74) is 24.8. The Labute approximate surface area is 568 Å². The van der Waals surface area contributed by atoms with Crippen LogP contribution in [0.5, 0.6) is 0 Å². The van der Waals surface area contributed by atoms with Crippen LogP contribution in [0.1, 0.15) is 0 Å². The number of benzene rings is 15. The monoisotopic (exact) mass is 1260 g/mol. The Bertz CT molecular complexity index is 6670. The fraction of sp³-hybridized carbons (Fsp3) is 0. The van der Waals surface area contributed by atoms with Crippen molar-refractivity contribution in [2.75, 3.05) is 0 Å². The predicted octanol–water partition coefficient (Wildman–Crippen LogP) is 23.8.